The van der Waals surface area contributed by atoms with Gasteiger partial charge in [0.2, 0.25) is 0 Å². The molecule has 1 aromatic carbocycles. The van der Waals surface area contributed by atoms with E-state index >= 15 is 0 Å². The molecular formula is C29H35FN8O3. The van der Waals surface area contributed by atoms with Gasteiger partial charge in [0.05, 0.1) is 17.6 Å². The zero-order valence-electron chi connectivity index (χ0n) is 23.9. The highest BCUT2D eigenvalue weighted by Gasteiger charge is 2.26. The SMILES string of the molecule is CCC(C)C(N)C(=O)OCNc1ncc2cc1OC(C)c1cc(F)ccc1-c1nn(C)nc1Cc1cnn(CC)c1-2. The fraction of sp³-hybridized carbons (Fsp3) is 0.414. The molecule has 0 saturated carbocycles. The fourth-order valence-electron chi connectivity index (χ4n) is 4.98. The summed E-state index contributed by atoms with van der Waals surface area (Å²) in [6.45, 7) is 8.22. The first-order valence-corrected chi connectivity index (χ1v) is 13.8. The van der Waals surface area contributed by atoms with Gasteiger partial charge in [0.25, 0.3) is 0 Å². The number of hydrogen-bond acceptors (Lipinski definition) is 9. The van der Waals surface area contributed by atoms with E-state index in [0.29, 0.717) is 35.8 Å². The largest absolute Gasteiger partial charge is 0.482 e. The van der Waals surface area contributed by atoms with Crippen molar-refractivity contribution >= 4 is 11.8 Å². The summed E-state index contributed by atoms with van der Waals surface area (Å²) in [4.78, 5) is 18.6. The Morgan fingerprint density at radius 3 is 2.83 bits per heavy atom. The molecule has 41 heavy (non-hydrogen) atoms. The van der Waals surface area contributed by atoms with Crippen LogP contribution in [0.15, 0.2) is 36.7 Å². The van der Waals surface area contributed by atoms with Crippen LogP contribution in [0.5, 0.6) is 5.75 Å². The number of halogens is 1. The number of carbonyl (C=O) groups excluding carboxylic acids is 1. The summed E-state index contributed by atoms with van der Waals surface area (Å²) in [7, 11) is 1.76. The van der Waals surface area contributed by atoms with E-state index in [2.05, 4.69) is 25.6 Å². The lowest BCUT2D eigenvalue weighted by Crippen LogP contribution is -2.38. The highest BCUT2D eigenvalue weighted by atomic mass is 19.1. The molecule has 216 valence electrons. The van der Waals surface area contributed by atoms with Gasteiger partial charge >= 0.3 is 5.97 Å². The molecule has 3 atom stereocenters. The zero-order chi connectivity index (χ0) is 29.3. The second-order valence-corrected chi connectivity index (χ2v) is 10.3. The van der Waals surface area contributed by atoms with Crippen LogP contribution >= 0.6 is 0 Å². The summed E-state index contributed by atoms with van der Waals surface area (Å²) >= 11 is 0. The number of hydrogen-bond donors (Lipinski definition) is 2. The van der Waals surface area contributed by atoms with Crippen molar-refractivity contribution in [1.29, 1.82) is 0 Å². The smallest absolute Gasteiger partial charge is 0.324 e. The molecule has 1 aliphatic heterocycles. The second-order valence-electron chi connectivity index (χ2n) is 10.3. The number of anilines is 1. The Morgan fingerprint density at radius 2 is 2.07 bits per heavy atom. The monoisotopic (exact) mass is 562 g/mol. The lowest BCUT2D eigenvalue weighted by molar-refractivity contribution is -0.145. The Kier molecular flexibility index (Phi) is 8.02. The van der Waals surface area contributed by atoms with Crippen molar-refractivity contribution in [2.45, 2.75) is 59.2 Å². The van der Waals surface area contributed by atoms with Crippen LogP contribution in [0.25, 0.3) is 22.5 Å². The van der Waals surface area contributed by atoms with E-state index in [1.807, 2.05) is 44.6 Å². The fourth-order valence-corrected chi connectivity index (χ4v) is 4.98. The topological polar surface area (TPSA) is 135 Å². The maximum absolute atomic E-state index is 14.5. The lowest BCUT2D eigenvalue weighted by atomic mass is 9.96. The summed E-state index contributed by atoms with van der Waals surface area (Å²) in [5, 5.41) is 16.9. The summed E-state index contributed by atoms with van der Waals surface area (Å²) < 4.78 is 28.3. The predicted octanol–water partition coefficient (Wildman–Crippen LogP) is 4.23. The van der Waals surface area contributed by atoms with Gasteiger partial charge in [-0.05, 0) is 44.0 Å². The molecule has 12 heteroatoms. The van der Waals surface area contributed by atoms with Crippen molar-refractivity contribution in [3.63, 3.8) is 0 Å². The molecule has 1 aliphatic rings. The number of nitrogens with zero attached hydrogens (tertiary/aromatic N) is 6. The van der Waals surface area contributed by atoms with Gasteiger partial charge in [-0.25, -0.2) is 9.37 Å². The molecule has 5 rings (SSSR count). The predicted molar refractivity (Wildman–Crippen MR) is 151 cm³/mol. The van der Waals surface area contributed by atoms with E-state index in [1.54, 1.807) is 19.3 Å². The van der Waals surface area contributed by atoms with Gasteiger partial charge in [0.1, 0.15) is 23.7 Å². The van der Waals surface area contributed by atoms with Gasteiger partial charge in [-0.15, -0.1) is 0 Å². The minimum Gasteiger partial charge on any atom is -0.482 e. The highest BCUT2D eigenvalue weighted by Crippen LogP contribution is 2.38. The minimum atomic E-state index is -0.719. The minimum absolute atomic E-state index is 0.00823. The molecule has 0 spiro atoms. The highest BCUT2D eigenvalue weighted by molar-refractivity contribution is 5.76. The normalized spacial score (nSPS) is 15.7. The van der Waals surface area contributed by atoms with E-state index < -0.39 is 23.9 Å². The Hall–Kier alpha value is -4.32. The van der Waals surface area contributed by atoms with Crippen LogP contribution in [-0.2, 0) is 29.5 Å². The van der Waals surface area contributed by atoms with Crippen molar-refractivity contribution in [2.75, 3.05) is 12.0 Å². The number of nitrogens with two attached hydrogens (primary N) is 1. The van der Waals surface area contributed by atoms with Crippen LogP contribution in [0.4, 0.5) is 10.2 Å². The number of carbonyl (C=O) groups is 1. The molecule has 11 nitrogen and oxygen atoms in total. The molecule has 3 unspecified atom stereocenters. The number of rotatable bonds is 7. The molecule has 0 amide bonds. The molecule has 2 bridgehead atoms. The number of pyridine rings is 1. The Morgan fingerprint density at radius 1 is 1.27 bits per heavy atom. The van der Waals surface area contributed by atoms with Crippen LogP contribution in [0.1, 0.15) is 57.0 Å². The Bertz CT molecular complexity index is 1570. The second kappa shape index (κ2) is 11.7. The van der Waals surface area contributed by atoms with Crippen molar-refractivity contribution < 1.29 is 18.7 Å². The molecule has 4 heterocycles. The molecule has 0 saturated heterocycles. The van der Waals surface area contributed by atoms with Crippen molar-refractivity contribution in [3.8, 4) is 28.3 Å². The Labute approximate surface area is 237 Å². The molecule has 0 radical (unpaired) electrons. The number of ether oxygens (including phenoxy) is 2. The molecule has 3 aromatic heterocycles. The van der Waals surface area contributed by atoms with Gasteiger partial charge in [0, 0.05) is 48.5 Å². The van der Waals surface area contributed by atoms with Crippen LogP contribution in [0.2, 0.25) is 0 Å². The standard InChI is InChI=1S/C29H35FN8O3/c1-6-16(3)25(31)29(39)40-15-33-28-24-11-19(13-32-28)27-18(14-34-38(27)7-2)10-23-26(36-37(5)35-23)21-9-8-20(30)12-22(21)17(4)41-24/h8-9,11-14,16-17,25H,6-7,10,15,31H2,1-5H3,(H,32,33). The quantitative estimate of drug-likeness (QED) is 0.251. The Balaban J connectivity index is 1.57. The third-order valence-electron chi connectivity index (χ3n) is 7.48. The van der Waals surface area contributed by atoms with Crippen LogP contribution in [0.3, 0.4) is 0 Å². The summed E-state index contributed by atoms with van der Waals surface area (Å²) in [5.41, 5.74) is 11.3. The first-order chi connectivity index (χ1) is 19.7. The molecule has 0 aliphatic carbocycles. The van der Waals surface area contributed by atoms with Gasteiger partial charge in [0.15, 0.2) is 18.3 Å². The van der Waals surface area contributed by atoms with E-state index in [-0.39, 0.29) is 12.6 Å². The van der Waals surface area contributed by atoms with E-state index in [4.69, 9.17) is 15.2 Å². The van der Waals surface area contributed by atoms with Crippen LogP contribution < -0.4 is 15.8 Å². The number of fused-ring (bicyclic) bond motifs is 7. The number of aryl methyl sites for hydroxylation is 2. The first kappa shape index (κ1) is 28.2. The summed E-state index contributed by atoms with van der Waals surface area (Å²) in [5.74, 6) is -0.127. The average molecular weight is 563 g/mol. The zero-order valence-corrected chi connectivity index (χ0v) is 23.9. The molecule has 3 N–H and O–H groups in total. The third-order valence-corrected chi connectivity index (χ3v) is 7.48. The summed E-state index contributed by atoms with van der Waals surface area (Å²) in [6.07, 6.45) is 4.17. The van der Waals surface area contributed by atoms with E-state index in [0.717, 1.165) is 34.5 Å². The third kappa shape index (κ3) is 5.64. The lowest BCUT2D eigenvalue weighted by Gasteiger charge is -2.22. The van der Waals surface area contributed by atoms with Gasteiger partial charge in [-0.2, -0.15) is 20.1 Å². The first-order valence-electron chi connectivity index (χ1n) is 13.8. The van der Waals surface area contributed by atoms with Gasteiger partial charge in [-0.3, -0.25) is 9.48 Å². The van der Waals surface area contributed by atoms with Crippen molar-refractivity contribution in [2.24, 2.45) is 18.7 Å². The summed E-state index contributed by atoms with van der Waals surface area (Å²) in [6, 6.07) is 5.71. The number of esters is 1. The van der Waals surface area contributed by atoms with Crippen molar-refractivity contribution in [3.05, 3.63) is 59.3 Å². The number of benzene rings is 1. The maximum Gasteiger partial charge on any atom is 0.324 e. The molecule has 4 aromatic rings. The van der Waals surface area contributed by atoms with Gasteiger partial charge < -0.3 is 20.5 Å². The molecule has 0 fully saturated rings. The van der Waals surface area contributed by atoms with E-state index in [9.17, 15) is 9.18 Å². The number of nitrogens with one attached hydrogen (secondary N) is 1. The van der Waals surface area contributed by atoms with Gasteiger partial charge in [-0.1, -0.05) is 20.3 Å². The average Bonchev–Trinajstić information content (AvgIpc) is 3.54. The maximum atomic E-state index is 14.5. The van der Waals surface area contributed by atoms with Crippen LogP contribution in [0, 0.1) is 11.7 Å². The van der Waals surface area contributed by atoms with Crippen LogP contribution in [-0.4, -0.2) is 48.5 Å². The molecular weight excluding hydrogens is 527 g/mol. The van der Waals surface area contributed by atoms with Crippen molar-refractivity contribution in [1.82, 2.24) is 29.8 Å². The number of aromatic nitrogens is 6. The van der Waals surface area contributed by atoms with E-state index in [1.165, 1.54) is 16.9 Å².